The summed E-state index contributed by atoms with van der Waals surface area (Å²) in [6.45, 7) is 2.71. The molecule has 1 aromatic rings. The van der Waals surface area contributed by atoms with Gasteiger partial charge in [0.15, 0.2) is 0 Å². The number of rotatable bonds is 4. The number of piperidine rings is 2. The molecule has 3 aliphatic rings. The molecule has 27 heavy (non-hydrogen) atoms. The van der Waals surface area contributed by atoms with E-state index in [-0.39, 0.29) is 35.6 Å². The van der Waals surface area contributed by atoms with Gasteiger partial charge in [-0.3, -0.25) is 9.59 Å². The molecule has 0 radical (unpaired) electrons. The molecule has 2 saturated heterocycles. The number of methoxy groups -OCH3 is 1. The number of amides is 2. The van der Waals surface area contributed by atoms with E-state index >= 15 is 0 Å². The van der Waals surface area contributed by atoms with Crippen molar-refractivity contribution in [2.24, 2.45) is 11.3 Å². The van der Waals surface area contributed by atoms with Crippen LogP contribution in [0.2, 0.25) is 0 Å². The second-order valence-corrected chi connectivity index (χ2v) is 7.75. The third kappa shape index (κ3) is 3.92. The molecule has 0 bridgehead atoms. The van der Waals surface area contributed by atoms with Crippen molar-refractivity contribution in [3.8, 4) is 5.75 Å². The van der Waals surface area contributed by atoms with E-state index in [4.69, 9.17) is 4.74 Å². The molecule has 1 spiro atoms. The second-order valence-electron chi connectivity index (χ2n) is 7.75. The maximum absolute atomic E-state index is 12.7. The van der Waals surface area contributed by atoms with E-state index in [1.54, 1.807) is 12.0 Å². The first-order chi connectivity index (χ1) is 12.6. The molecular formula is C20H28ClN3O3. The fourth-order valence-corrected chi connectivity index (χ4v) is 4.46. The van der Waals surface area contributed by atoms with Crippen LogP contribution in [0.1, 0.15) is 38.5 Å². The molecule has 1 saturated carbocycles. The van der Waals surface area contributed by atoms with Gasteiger partial charge in [-0.1, -0.05) is 0 Å². The minimum Gasteiger partial charge on any atom is -0.495 e. The summed E-state index contributed by atoms with van der Waals surface area (Å²) >= 11 is 0. The molecule has 1 atom stereocenters. The summed E-state index contributed by atoms with van der Waals surface area (Å²) in [6, 6.07) is 5.56. The average Bonchev–Trinajstić information content (AvgIpc) is 3.35. The predicted molar refractivity (Wildman–Crippen MR) is 108 cm³/mol. The maximum Gasteiger partial charge on any atom is 0.228 e. The molecular weight excluding hydrogens is 366 g/mol. The Kier molecular flexibility index (Phi) is 5.96. The van der Waals surface area contributed by atoms with E-state index in [0.717, 1.165) is 56.6 Å². The lowest BCUT2D eigenvalue weighted by atomic mass is 9.92. The monoisotopic (exact) mass is 393 g/mol. The van der Waals surface area contributed by atoms with Crippen LogP contribution in [0, 0.1) is 11.3 Å². The first kappa shape index (κ1) is 20.0. The molecule has 148 valence electrons. The molecule has 3 fully saturated rings. The SMILES string of the molecule is COc1ccc(NC(=O)C2CC23CCNCC3)cc1N1CCCCC1=O.Cl. The van der Waals surface area contributed by atoms with Gasteiger partial charge in [0, 0.05) is 24.6 Å². The summed E-state index contributed by atoms with van der Waals surface area (Å²) in [6.07, 6.45) is 5.66. The van der Waals surface area contributed by atoms with Crippen molar-refractivity contribution >= 4 is 35.6 Å². The van der Waals surface area contributed by atoms with Crippen LogP contribution in [-0.4, -0.2) is 38.6 Å². The van der Waals surface area contributed by atoms with Gasteiger partial charge in [-0.05, 0) is 68.8 Å². The van der Waals surface area contributed by atoms with Crippen LogP contribution in [0.25, 0.3) is 0 Å². The molecule has 7 heteroatoms. The van der Waals surface area contributed by atoms with Gasteiger partial charge in [-0.15, -0.1) is 12.4 Å². The molecule has 2 N–H and O–H groups in total. The Bertz CT molecular complexity index is 718. The van der Waals surface area contributed by atoms with Gasteiger partial charge in [-0.25, -0.2) is 0 Å². The maximum atomic E-state index is 12.7. The zero-order valence-corrected chi connectivity index (χ0v) is 16.6. The van der Waals surface area contributed by atoms with Crippen molar-refractivity contribution in [3.63, 3.8) is 0 Å². The Balaban J connectivity index is 0.00000210. The molecule has 1 aliphatic carbocycles. The largest absolute Gasteiger partial charge is 0.495 e. The van der Waals surface area contributed by atoms with Crippen LogP contribution in [0.15, 0.2) is 18.2 Å². The minimum atomic E-state index is 0. The topological polar surface area (TPSA) is 70.7 Å². The third-order valence-electron chi connectivity index (χ3n) is 6.17. The average molecular weight is 394 g/mol. The summed E-state index contributed by atoms with van der Waals surface area (Å²) in [5, 5.41) is 6.44. The molecule has 6 nitrogen and oxygen atoms in total. The van der Waals surface area contributed by atoms with Gasteiger partial charge in [0.25, 0.3) is 0 Å². The van der Waals surface area contributed by atoms with Crippen molar-refractivity contribution in [2.45, 2.75) is 38.5 Å². The van der Waals surface area contributed by atoms with E-state index in [1.807, 2.05) is 18.2 Å². The zero-order valence-electron chi connectivity index (χ0n) is 15.8. The summed E-state index contributed by atoms with van der Waals surface area (Å²) in [5.74, 6) is 1.01. The normalized spacial score (nSPS) is 23.5. The Hall–Kier alpha value is -1.79. The van der Waals surface area contributed by atoms with Crippen molar-refractivity contribution in [1.29, 1.82) is 0 Å². The highest BCUT2D eigenvalue weighted by Crippen LogP contribution is 2.58. The van der Waals surface area contributed by atoms with E-state index < -0.39 is 0 Å². The van der Waals surface area contributed by atoms with Crippen molar-refractivity contribution in [2.75, 3.05) is 37.0 Å². The number of carbonyl (C=O) groups is 2. The smallest absolute Gasteiger partial charge is 0.228 e. The highest BCUT2D eigenvalue weighted by molar-refractivity contribution is 5.99. The van der Waals surface area contributed by atoms with Gasteiger partial charge in [-0.2, -0.15) is 0 Å². The van der Waals surface area contributed by atoms with Gasteiger partial charge in [0.1, 0.15) is 5.75 Å². The van der Waals surface area contributed by atoms with Crippen LogP contribution in [0.5, 0.6) is 5.75 Å². The van der Waals surface area contributed by atoms with Crippen LogP contribution in [0.3, 0.4) is 0 Å². The Morgan fingerprint density at radius 1 is 1.30 bits per heavy atom. The summed E-state index contributed by atoms with van der Waals surface area (Å²) in [4.78, 5) is 26.8. The first-order valence-corrected chi connectivity index (χ1v) is 9.63. The molecule has 2 aliphatic heterocycles. The highest BCUT2D eigenvalue weighted by Gasteiger charge is 2.57. The Morgan fingerprint density at radius 2 is 2.07 bits per heavy atom. The quantitative estimate of drug-likeness (QED) is 0.825. The Labute approximate surface area is 166 Å². The van der Waals surface area contributed by atoms with Crippen molar-refractivity contribution in [3.05, 3.63) is 18.2 Å². The number of nitrogens with zero attached hydrogens (tertiary/aromatic N) is 1. The summed E-state index contributed by atoms with van der Waals surface area (Å²) in [7, 11) is 1.61. The zero-order chi connectivity index (χ0) is 18.1. The second kappa shape index (κ2) is 8.07. The van der Waals surface area contributed by atoms with Crippen molar-refractivity contribution in [1.82, 2.24) is 5.32 Å². The van der Waals surface area contributed by atoms with E-state index in [2.05, 4.69) is 10.6 Å². The molecule has 4 rings (SSSR count). The fraction of sp³-hybridized carbons (Fsp3) is 0.600. The standard InChI is InChI=1S/C20H27N3O3.ClH/c1-26-17-6-5-14(12-16(17)23-11-3-2-4-18(23)24)22-19(25)15-13-20(15)7-9-21-10-8-20;/h5-6,12,15,21H,2-4,7-11,13H2,1H3,(H,22,25);1H. The molecule has 0 aromatic heterocycles. The number of ether oxygens (including phenoxy) is 1. The van der Waals surface area contributed by atoms with Gasteiger partial charge in [0.05, 0.1) is 12.8 Å². The molecule has 1 aromatic carbocycles. The number of hydrogen-bond acceptors (Lipinski definition) is 4. The lowest BCUT2D eigenvalue weighted by Gasteiger charge is -2.28. The number of carbonyl (C=O) groups excluding carboxylic acids is 2. The highest BCUT2D eigenvalue weighted by atomic mass is 35.5. The van der Waals surface area contributed by atoms with E-state index in [1.165, 1.54) is 0 Å². The van der Waals surface area contributed by atoms with Crippen LogP contribution >= 0.6 is 12.4 Å². The molecule has 2 amide bonds. The number of nitrogens with one attached hydrogen (secondary N) is 2. The number of benzene rings is 1. The Morgan fingerprint density at radius 3 is 2.78 bits per heavy atom. The van der Waals surface area contributed by atoms with Gasteiger partial charge < -0.3 is 20.3 Å². The third-order valence-corrected chi connectivity index (χ3v) is 6.17. The number of anilines is 2. The number of halogens is 1. The minimum absolute atomic E-state index is 0. The van der Waals surface area contributed by atoms with Gasteiger partial charge in [0.2, 0.25) is 11.8 Å². The van der Waals surface area contributed by atoms with E-state index in [9.17, 15) is 9.59 Å². The number of hydrogen-bond donors (Lipinski definition) is 2. The van der Waals surface area contributed by atoms with Crippen LogP contribution < -0.4 is 20.3 Å². The molecule has 2 heterocycles. The van der Waals surface area contributed by atoms with Crippen LogP contribution in [-0.2, 0) is 9.59 Å². The summed E-state index contributed by atoms with van der Waals surface area (Å²) in [5.41, 5.74) is 1.70. The van der Waals surface area contributed by atoms with E-state index in [0.29, 0.717) is 18.7 Å². The summed E-state index contributed by atoms with van der Waals surface area (Å²) < 4.78 is 5.44. The first-order valence-electron chi connectivity index (χ1n) is 9.63. The van der Waals surface area contributed by atoms with Crippen LogP contribution in [0.4, 0.5) is 11.4 Å². The van der Waals surface area contributed by atoms with Gasteiger partial charge >= 0.3 is 0 Å². The fourth-order valence-electron chi connectivity index (χ4n) is 4.46. The van der Waals surface area contributed by atoms with Crippen molar-refractivity contribution < 1.29 is 14.3 Å². The molecule has 1 unspecified atom stereocenters. The lowest BCUT2D eigenvalue weighted by Crippen LogP contribution is -2.35. The predicted octanol–water partition coefficient (Wildman–Crippen LogP) is 2.96. The lowest BCUT2D eigenvalue weighted by molar-refractivity contribution is -0.119.